The van der Waals surface area contributed by atoms with Crippen LogP contribution in [0.5, 0.6) is 0 Å². The molecule has 0 spiro atoms. The molecule has 0 aromatic heterocycles. The summed E-state index contributed by atoms with van der Waals surface area (Å²) in [4.78, 5) is 4.76. The highest BCUT2D eigenvalue weighted by molar-refractivity contribution is 7.89. The lowest BCUT2D eigenvalue weighted by atomic mass is 10.0. The number of sulfonamides is 1. The van der Waals surface area contributed by atoms with Crippen LogP contribution < -0.4 is 10.0 Å². The molecular weight excluding hydrogens is 536 g/mol. The first-order valence-corrected chi connectivity index (χ1v) is 14.8. The highest BCUT2D eigenvalue weighted by Gasteiger charge is 2.41. The average molecular weight is 563 g/mol. The zero-order valence-corrected chi connectivity index (χ0v) is 22.9. The number of thiocarbonyl (C=S) groups is 1. The molecule has 6 nitrogen and oxygen atoms in total. The zero-order valence-electron chi connectivity index (χ0n) is 20.5. The molecular formula is C29H27ClN4O2S2. The first-order chi connectivity index (χ1) is 18.4. The Balaban J connectivity index is 1.27. The van der Waals surface area contributed by atoms with Crippen LogP contribution in [0.15, 0.2) is 95.9 Å². The largest absolute Gasteiger partial charge is 0.346 e. The van der Waals surface area contributed by atoms with Gasteiger partial charge in [-0.15, -0.1) is 0 Å². The Labute approximate surface area is 233 Å². The molecule has 4 aromatic carbocycles. The van der Waals surface area contributed by atoms with Gasteiger partial charge in [0.05, 0.1) is 17.0 Å². The summed E-state index contributed by atoms with van der Waals surface area (Å²) in [5.41, 5.74) is 3.12. The summed E-state index contributed by atoms with van der Waals surface area (Å²) >= 11 is 11.7. The average Bonchev–Trinajstić information content (AvgIpc) is 3.24. The molecule has 2 aliphatic rings. The Morgan fingerprint density at radius 2 is 1.47 bits per heavy atom. The quantitative estimate of drug-likeness (QED) is 0.310. The number of hydrogen-bond acceptors (Lipinski definition) is 4. The first-order valence-electron chi connectivity index (χ1n) is 12.6. The van der Waals surface area contributed by atoms with E-state index in [0.29, 0.717) is 10.1 Å². The molecule has 38 heavy (non-hydrogen) atoms. The Hall–Kier alpha value is -3.01. The van der Waals surface area contributed by atoms with Crippen molar-refractivity contribution < 1.29 is 8.42 Å². The number of nitrogens with one attached hydrogen (secondary N) is 2. The van der Waals surface area contributed by atoms with Crippen LogP contribution in [0.3, 0.4) is 0 Å². The normalized spacial score (nSPS) is 19.6. The van der Waals surface area contributed by atoms with Crippen molar-refractivity contribution in [3.8, 4) is 0 Å². The number of nitrogens with zero attached hydrogens (tertiary/aromatic N) is 2. The molecule has 0 bridgehead atoms. The number of anilines is 1. The lowest BCUT2D eigenvalue weighted by molar-refractivity contribution is 0.117. The minimum absolute atomic E-state index is 0.129. The molecule has 1 heterocycles. The number of hydrogen-bond donors (Lipinski definition) is 2. The molecule has 0 saturated carbocycles. The lowest BCUT2D eigenvalue weighted by Crippen LogP contribution is -2.52. The topological polar surface area (TPSA) is 64.7 Å². The second-order valence-corrected chi connectivity index (χ2v) is 12.1. The van der Waals surface area contributed by atoms with Crippen LogP contribution >= 0.6 is 23.8 Å². The highest BCUT2D eigenvalue weighted by Crippen LogP contribution is 2.47. The molecule has 4 aromatic rings. The van der Waals surface area contributed by atoms with E-state index >= 15 is 0 Å². The Kier molecular flexibility index (Phi) is 6.84. The molecule has 1 fully saturated rings. The van der Waals surface area contributed by atoms with Gasteiger partial charge in [0.15, 0.2) is 5.11 Å². The second kappa shape index (κ2) is 10.3. The van der Waals surface area contributed by atoms with Crippen molar-refractivity contribution in [3.05, 3.63) is 107 Å². The molecule has 1 aliphatic carbocycles. The highest BCUT2D eigenvalue weighted by atomic mass is 35.5. The third-order valence-electron chi connectivity index (χ3n) is 7.36. The number of halogens is 1. The molecule has 194 valence electrons. The predicted octanol–water partition coefficient (Wildman–Crippen LogP) is 5.58. The first kappa shape index (κ1) is 25.3. The summed E-state index contributed by atoms with van der Waals surface area (Å²) < 4.78 is 30.1. The van der Waals surface area contributed by atoms with Crippen LogP contribution in [0.25, 0.3) is 10.8 Å². The van der Waals surface area contributed by atoms with Crippen LogP contribution in [0, 0.1) is 0 Å². The van der Waals surface area contributed by atoms with E-state index in [0.717, 1.165) is 53.8 Å². The summed E-state index contributed by atoms with van der Waals surface area (Å²) in [6.07, 6.45) is 0. The Morgan fingerprint density at radius 1 is 0.816 bits per heavy atom. The van der Waals surface area contributed by atoms with E-state index in [4.69, 9.17) is 23.8 Å². The van der Waals surface area contributed by atoms with Crippen molar-refractivity contribution in [2.24, 2.45) is 0 Å². The second-order valence-electron chi connectivity index (χ2n) is 9.61. The summed E-state index contributed by atoms with van der Waals surface area (Å²) in [7, 11) is -3.78. The van der Waals surface area contributed by atoms with Crippen LogP contribution in [0.4, 0.5) is 5.69 Å². The van der Waals surface area contributed by atoms with Crippen LogP contribution in [-0.4, -0.2) is 49.5 Å². The molecule has 0 radical (unpaired) electrons. The van der Waals surface area contributed by atoms with Crippen molar-refractivity contribution in [2.75, 3.05) is 31.5 Å². The fraction of sp³-hybridized carbons (Fsp3) is 0.207. The molecule has 2 atom stereocenters. The predicted molar refractivity (Wildman–Crippen MR) is 157 cm³/mol. The smallest absolute Gasteiger partial charge is 0.241 e. The summed E-state index contributed by atoms with van der Waals surface area (Å²) in [6.45, 7) is 3.01. The summed E-state index contributed by atoms with van der Waals surface area (Å²) in [6, 6.07) is 28.1. The number of piperazine rings is 1. The maximum atomic E-state index is 13.5. The van der Waals surface area contributed by atoms with Gasteiger partial charge in [-0.3, -0.25) is 4.90 Å². The van der Waals surface area contributed by atoms with E-state index < -0.39 is 16.1 Å². The van der Waals surface area contributed by atoms with Gasteiger partial charge >= 0.3 is 0 Å². The van der Waals surface area contributed by atoms with Gasteiger partial charge in [-0.1, -0.05) is 66.2 Å². The monoisotopic (exact) mass is 562 g/mol. The SMILES string of the molecule is O=S(=O)(NC1c2cccc3cccc(c23)C1N1CCN(C(=S)Nc2ccccc2)CC1)c1ccc(Cl)cc1. The maximum absolute atomic E-state index is 13.5. The van der Waals surface area contributed by atoms with E-state index in [2.05, 4.69) is 44.1 Å². The minimum atomic E-state index is -3.78. The Bertz CT molecular complexity index is 1580. The van der Waals surface area contributed by atoms with E-state index in [1.165, 1.54) is 0 Å². The van der Waals surface area contributed by atoms with E-state index in [1.807, 2.05) is 42.5 Å². The standard InChI is InChI=1S/C29H27ClN4O2S2/c30-21-12-14-23(15-13-21)38(35,36)32-27-24-10-4-6-20-7-5-11-25(26(20)24)28(27)33-16-18-34(19-17-33)29(37)31-22-8-2-1-3-9-22/h1-15,27-28,32H,16-19H2,(H,31,37). The van der Waals surface area contributed by atoms with Crippen molar-refractivity contribution in [1.29, 1.82) is 0 Å². The van der Waals surface area contributed by atoms with Gasteiger partial charge < -0.3 is 10.2 Å². The van der Waals surface area contributed by atoms with Crippen LogP contribution in [-0.2, 0) is 10.0 Å². The number of benzene rings is 4. The number of para-hydroxylation sites is 1. The molecule has 1 saturated heterocycles. The molecule has 9 heteroatoms. The van der Waals surface area contributed by atoms with Gasteiger partial charge in [-0.25, -0.2) is 13.1 Å². The van der Waals surface area contributed by atoms with Crippen molar-refractivity contribution >= 4 is 55.4 Å². The Morgan fingerprint density at radius 3 is 2.16 bits per heavy atom. The van der Waals surface area contributed by atoms with E-state index in [9.17, 15) is 8.42 Å². The van der Waals surface area contributed by atoms with Crippen LogP contribution in [0.2, 0.25) is 5.02 Å². The van der Waals surface area contributed by atoms with Gasteiger partial charge in [-0.2, -0.15) is 0 Å². The number of rotatable bonds is 5. The molecule has 0 amide bonds. The van der Waals surface area contributed by atoms with Gasteiger partial charge in [0, 0.05) is 36.9 Å². The van der Waals surface area contributed by atoms with E-state index in [1.54, 1.807) is 24.3 Å². The molecule has 1 aliphatic heterocycles. The van der Waals surface area contributed by atoms with Crippen molar-refractivity contribution in [3.63, 3.8) is 0 Å². The van der Waals surface area contributed by atoms with Crippen molar-refractivity contribution in [1.82, 2.24) is 14.5 Å². The van der Waals surface area contributed by atoms with Gasteiger partial charge in [0.2, 0.25) is 10.0 Å². The third-order valence-corrected chi connectivity index (χ3v) is 9.43. The van der Waals surface area contributed by atoms with E-state index in [-0.39, 0.29) is 10.9 Å². The van der Waals surface area contributed by atoms with Gasteiger partial charge in [-0.05, 0) is 70.5 Å². The van der Waals surface area contributed by atoms with Gasteiger partial charge in [0.25, 0.3) is 0 Å². The fourth-order valence-electron chi connectivity index (χ4n) is 5.57. The lowest BCUT2D eigenvalue weighted by Gasteiger charge is -2.41. The van der Waals surface area contributed by atoms with Crippen LogP contribution in [0.1, 0.15) is 23.2 Å². The molecule has 6 rings (SSSR count). The zero-order chi connectivity index (χ0) is 26.3. The van der Waals surface area contributed by atoms with Gasteiger partial charge in [0.1, 0.15) is 0 Å². The van der Waals surface area contributed by atoms with Crippen molar-refractivity contribution in [2.45, 2.75) is 17.0 Å². The maximum Gasteiger partial charge on any atom is 0.241 e. The summed E-state index contributed by atoms with van der Waals surface area (Å²) in [5.74, 6) is 0. The third kappa shape index (κ3) is 4.79. The summed E-state index contributed by atoms with van der Waals surface area (Å²) in [5, 5.41) is 6.77. The minimum Gasteiger partial charge on any atom is -0.346 e. The molecule has 2 unspecified atom stereocenters. The fourth-order valence-corrected chi connectivity index (χ4v) is 7.21. The molecule has 2 N–H and O–H groups in total.